The van der Waals surface area contributed by atoms with E-state index < -0.39 is 0 Å². The third kappa shape index (κ3) is 3.60. The maximum atomic E-state index is 2.34. The molecule has 0 saturated heterocycles. The summed E-state index contributed by atoms with van der Waals surface area (Å²) in [4.78, 5) is 0. The van der Waals surface area contributed by atoms with Gasteiger partial charge in [-0.25, -0.2) is 0 Å². The molecule has 0 nitrogen and oxygen atoms in total. The van der Waals surface area contributed by atoms with Crippen molar-refractivity contribution >= 4 is 0 Å². The Morgan fingerprint density at radius 2 is 1.82 bits per heavy atom. The van der Waals surface area contributed by atoms with Crippen LogP contribution in [0.5, 0.6) is 0 Å². The Hall–Kier alpha value is -0.260. The molecule has 0 bridgehead atoms. The molecular weight excluding hydrogens is 132 g/mol. The highest BCUT2D eigenvalue weighted by Crippen LogP contribution is 2.32. The van der Waals surface area contributed by atoms with Gasteiger partial charge < -0.3 is 0 Å². The average Bonchev–Trinajstić information content (AvgIpc) is 1.86. The minimum absolute atomic E-state index is 0.455. The number of rotatable bonds is 3. The normalized spacial score (nSPS) is 14.3. The van der Waals surface area contributed by atoms with Crippen LogP contribution < -0.4 is 0 Å². The summed E-state index contributed by atoms with van der Waals surface area (Å²) < 4.78 is 0. The smallest absolute Gasteiger partial charge is 0.0269 e. The van der Waals surface area contributed by atoms with Gasteiger partial charge in [0.25, 0.3) is 0 Å². The summed E-state index contributed by atoms with van der Waals surface area (Å²) >= 11 is 0. The molecular formula is C11H22. The third-order valence-corrected chi connectivity index (χ3v) is 2.79. The molecule has 0 saturated carbocycles. The van der Waals surface area contributed by atoms with Crippen LogP contribution in [-0.2, 0) is 0 Å². The van der Waals surface area contributed by atoms with E-state index >= 15 is 0 Å². The van der Waals surface area contributed by atoms with Gasteiger partial charge in [0.1, 0.15) is 0 Å². The summed E-state index contributed by atoms with van der Waals surface area (Å²) in [5.41, 5.74) is 1.96. The summed E-state index contributed by atoms with van der Waals surface area (Å²) in [5, 5.41) is 0. The molecule has 0 rings (SSSR count). The number of hydrogen-bond donors (Lipinski definition) is 0. The Labute approximate surface area is 71.7 Å². The molecule has 11 heavy (non-hydrogen) atoms. The first kappa shape index (κ1) is 10.7. The highest BCUT2D eigenvalue weighted by Gasteiger charge is 2.21. The van der Waals surface area contributed by atoms with Gasteiger partial charge in [0.2, 0.25) is 0 Å². The molecule has 0 aliphatic rings. The van der Waals surface area contributed by atoms with Crippen LogP contribution >= 0.6 is 0 Å². The zero-order valence-corrected chi connectivity index (χ0v) is 8.86. The summed E-state index contributed by atoms with van der Waals surface area (Å²) in [6.07, 6.45) is 3.44. The third-order valence-electron chi connectivity index (χ3n) is 2.79. The maximum Gasteiger partial charge on any atom is -0.0269 e. The van der Waals surface area contributed by atoms with Crippen molar-refractivity contribution in [3.8, 4) is 0 Å². The Kier molecular flexibility index (Phi) is 3.85. The Bertz CT molecular complexity index is 138. The van der Waals surface area contributed by atoms with Crippen molar-refractivity contribution in [1.82, 2.24) is 0 Å². The average molecular weight is 154 g/mol. The fourth-order valence-corrected chi connectivity index (χ4v) is 1.02. The van der Waals surface area contributed by atoms with Gasteiger partial charge in [-0.2, -0.15) is 0 Å². The lowest BCUT2D eigenvalue weighted by Gasteiger charge is -2.29. The van der Waals surface area contributed by atoms with Crippen LogP contribution in [0.2, 0.25) is 0 Å². The van der Waals surface area contributed by atoms with Gasteiger partial charge in [0.15, 0.2) is 0 Å². The molecule has 0 heterocycles. The second kappa shape index (κ2) is 3.94. The summed E-state index contributed by atoms with van der Waals surface area (Å²) in [6.45, 7) is 13.6. The molecule has 0 aliphatic heterocycles. The van der Waals surface area contributed by atoms with Crippen LogP contribution in [0, 0.1) is 11.3 Å². The largest absolute Gasteiger partial charge is 0.0887 e. The van der Waals surface area contributed by atoms with Gasteiger partial charge >= 0.3 is 0 Å². The topological polar surface area (TPSA) is 0 Å². The lowest BCUT2D eigenvalue weighted by Crippen LogP contribution is -2.19. The molecule has 66 valence electrons. The second-order valence-corrected chi connectivity index (χ2v) is 4.46. The minimum atomic E-state index is 0.455. The lowest BCUT2D eigenvalue weighted by atomic mass is 9.76. The zero-order chi connectivity index (χ0) is 9.07. The van der Waals surface area contributed by atoms with Gasteiger partial charge in [-0.1, -0.05) is 39.3 Å². The SMILES string of the molecule is C/C=C(/C)CC(C)(C)C(C)C. The Balaban J connectivity index is 4.13. The predicted octanol–water partition coefficient (Wildman–Crippen LogP) is 4.02. The monoisotopic (exact) mass is 154 g/mol. The van der Waals surface area contributed by atoms with Crippen molar-refractivity contribution in [2.45, 2.75) is 48.0 Å². The van der Waals surface area contributed by atoms with Crippen LogP contribution in [0.15, 0.2) is 11.6 Å². The van der Waals surface area contributed by atoms with Gasteiger partial charge in [-0.3, -0.25) is 0 Å². The Morgan fingerprint density at radius 3 is 2.09 bits per heavy atom. The van der Waals surface area contributed by atoms with Gasteiger partial charge in [-0.15, -0.1) is 0 Å². The summed E-state index contributed by atoms with van der Waals surface area (Å²) in [7, 11) is 0. The second-order valence-electron chi connectivity index (χ2n) is 4.46. The van der Waals surface area contributed by atoms with E-state index in [0.29, 0.717) is 5.41 Å². The van der Waals surface area contributed by atoms with Crippen molar-refractivity contribution in [1.29, 1.82) is 0 Å². The highest BCUT2D eigenvalue weighted by atomic mass is 14.3. The first-order chi connectivity index (χ1) is 4.90. The quantitative estimate of drug-likeness (QED) is 0.538. The highest BCUT2D eigenvalue weighted by molar-refractivity contribution is 4.99. The van der Waals surface area contributed by atoms with E-state index in [-0.39, 0.29) is 0 Å². The fourth-order valence-electron chi connectivity index (χ4n) is 1.02. The molecule has 0 N–H and O–H groups in total. The van der Waals surface area contributed by atoms with E-state index in [0.717, 1.165) is 5.92 Å². The molecule has 0 aromatic rings. The van der Waals surface area contributed by atoms with E-state index in [1.165, 1.54) is 12.0 Å². The van der Waals surface area contributed by atoms with Crippen LogP contribution in [0.1, 0.15) is 48.0 Å². The van der Waals surface area contributed by atoms with E-state index in [9.17, 15) is 0 Å². The van der Waals surface area contributed by atoms with Crippen molar-refractivity contribution in [3.05, 3.63) is 11.6 Å². The molecule has 0 amide bonds. The van der Waals surface area contributed by atoms with Crippen LogP contribution in [0.3, 0.4) is 0 Å². The first-order valence-corrected chi connectivity index (χ1v) is 4.52. The zero-order valence-electron chi connectivity index (χ0n) is 8.86. The van der Waals surface area contributed by atoms with Crippen molar-refractivity contribution in [3.63, 3.8) is 0 Å². The molecule has 0 spiro atoms. The fraction of sp³-hybridized carbons (Fsp3) is 0.818. The molecule has 0 heteroatoms. The van der Waals surface area contributed by atoms with E-state index in [1.807, 2.05) is 0 Å². The van der Waals surface area contributed by atoms with Gasteiger partial charge in [0.05, 0.1) is 0 Å². The molecule has 0 radical (unpaired) electrons. The number of allylic oxidation sites excluding steroid dienone is 2. The Morgan fingerprint density at radius 1 is 1.36 bits per heavy atom. The lowest BCUT2D eigenvalue weighted by molar-refractivity contribution is 0.247. The van der Waals surface area contributed by atoms with Gasteiger partial charge in [-0.05, 0) is 31.6 Å². The van der Waals surface area contributed by atoms with Crippen LogP contribution in [0.4, 0.5) is 0 Å². The standard InChI is InChI=1S/C11H22/c1-7-10(4)8-11(5,6)9(2)3/h7,9H,8H2,1-6H3/b10-7-. The predicted molar refractivity (Wildman–Crippen MR) is 52.7 cm³/mol. The maximum absolute atomic E-state index is 2.34. The molecule has 0 aliphatic carbocycles. The first-order valence-electron chi connectivity index (χ1n) is 4.52. The molecule has 0 aromatic heterocycles. The van der Waals surface area contributed by atoms with Crippen molar-refractivity contribution in [2.75, 3.05) is 0 Å². The van der Waals surface area contributed by atoms with E-state index in [4.69, 9.17) is 0 Å². The van der Waals surface area contributed by atoms with Gasteiger partial charge in [0, 0.05) is 0 Å². The van der Waals surface area contributed by atoms with Crippen molar-refractivity contribution < 1.29 is 0 Å². The molecule has 0 aromatic carbocycles. The molecule has 0 fully saturated rings. The minimum Gasteiger partial charge on any atom is -0.0887 e. The van der Waals surface area contributed by atoms with Crippen LogP contribution in [0.25, 0.3) is 0 Å². The molecule has 0 atom stereocenters. The summed E-state index contributed by atoms with van der Waals surface area (Å²) in [5.74, 6) is 0.761. The summed E-state index contributed by atoms with van der Waals surface area (Å²) in [6, 6.07) is 0. The van der Waals surface area contributed by atoms with Crippen molar-refractivity contribution in [2.24, 2.45) is 11.3 Å². The molecule has 0 unspecified atom stereocenters. The van der Waals surface area contributed by atoms with E-state index in [2.05, 4.69) is 47.6 Å². The van der Waals surface area contributed by atoms with E-state index in [1.54, 1.807) is 0 Å². The van der Waals surface area contributed by atoms with Crippen LogP contribution in [-0.4, -0.2) is 0 Å². The number of hydrogen-bond acceptors (Lipinski definition) is 0.